The average molecular weight is 455 g/mol. The highest BCUT2D eigenvalue weighted by atomic mass is 32.2. The fourth-order valence-corrected chi connectivity index (χ4v) is 4.00. The lowest BCUT2D eigenvalue weighted by Gasteiger charge is -2.03. The first kappa shape index (κ1) is 24.2. The third kappa shape index (κ3) is 8.97. The van der Waals surface area contributed by atoms with Gasteiger partial charge in [0, 0.05) is 19.4 Å². The number of rotatable bonds is 13. The standard InChI is InChI=1S/C26H30O5S/c27-32(28,24-17-11-8-12-18-24)30-22-26-25(31-26)19-13-5-3-1-2-4-6-14-20-29-21-23-15-9-7-10-16-23/h5,7-13,15-18,25-26H,3-4,6,14,19-22H2/b13-5+/t25-,26-/m1/s1. The molecule has 0 aliphatic carbocycles. The van der Waals surface area contributed by atoms with Crippen molar-refractivity contribution in [2.75, 3.05) is 13.2 Å². The van der Waals surface area contributed by atoms with Gasteiger partial charge >= 0.3 is 0 Å². The van der Waals surface area contributed by atoms with Gasteiger partial charge in [-0.05, 0) is 37.0 Å². The molecule has 32 heavy (non-hydrogen) atoms. The zero-order valence-corrected chi connectivity index (χ0v) is 19.0. The number of allylic oxidation sites excluding steroid dienone is 1. The minimum Gasteiger partial charge on any atom is -0.377 e. The third-order valence-electron chi connectivity index (χ3n) is 4.94. The highest BCUT2D eigenvalue weighted by Crippen LogP contribution is 2.27. The molecule has 0 spiro atoms. The van der Waals surface area contributed by atoms with Crippen LogP contribution in [-0.4, -0.2) is 33.8 Å². The van der Waals surface area contributed by atoms with Crippen LogP contribution in [0.15, 0.2) is 77.7 Å². The van der Waals surface area contributed by atoms with E-state index in [2.05, 4.69) is 24.0 Å². The molecule has 0 radical (unpaired) electrons. The van der Waals surface area contributed by atoms with Gasteiger partial charge in [-0.15, -0.1) is 5.92 Å². The van der Waals surface area contributed by atoms with E-state index in [0.29, 0.717) is 13.0 Å². The van der Waals surface area contributed by atoms with Gasteiger partial charge in [0.25, 0.3) is 10.1 Å². The van der Waals surface area contributed by atoms with E-state index in [-0.39, 0.29) is 23.7 Å². The van der Waals surface area contributed by atoms with E-state index in [1.165, 1.54) is 17.7 Å². The van der Waals surface area contributed by atoms with E-state index < -0.39 is 10.1 Å². The van der Waals surface area contributed by atoms with Crippen LogP contribution in [0.4, 0.5) is 0 Å². The van der Waals surface area contributed by atoms with Gasteiger partial charge < -0.3 is 9.47 Å². The van der Waals surface area contributed by atoms with Gasteiger partial charge in [0.1, 0.15) is 6.10 Å². The number of ether oxygens (including phenoxy) is 2. The maximum atomic E-state index is 12.1. The second-order valence-corrected chi connectivity index (χ2v) is 9.14. The van der Waals surface area contributed by atoms with Crippen molar-refractivity contribution in [1.82, 2.24) is 0 Å². The Morgan fingerprint density at radius 3 is 2.44 bits per heavy atom. The van der Waals surface area contributed by atoms with E-state index >= 15 is 0 Å². The second kappa shape index (κ2) is 13.2. The summed E-state index contributed by atoms with van der Waals surface area (Å²) >= 11 is 0. The Morgan fingerprint density at radius 1 is 0.906 bits per heavy atom. The summed E-state index contributed by atoms with van der Waals surface area (Å²) in [6.07, 6.45) is 8.27. The molecule has 1 fully saturated rings. The number of benzene rings is 2. The topological polar surface area (TPSA) is 65.1 Å². The molecule has 1 aliphatic rings. The summed E-state index contributed by atoms with van der Waals surface area (Å²) < 4.78 is 40.4. The van der Waals surface area contributed by atoms with Crippen molar-refractivity contribution >= 4 is 10.1 Å². The lowest BCUT2D eigenvalue weighted by Crippen LogP contribution is -2.12. The van der Waals surface area contributed by atoms with Gasteiger partial charge in [-0.1, -0.05) is 66.6 Å². The van der Waals surface area contributed by atoms with Gasteiger partial charge in [0.15, 0.2) is 0 Å². The first-order chi connectivity index (χ1) is 15.6. The lowest BCUT2D eigenvalue weighted by atomic mass is 10.2. The molecular formula is C26H30O5S. The van der Waals surface area contributed by atoms with Crippen LogP contribution >= 0.6 is 0 Å². The van der Waals surface area contributed by atoms with Gasteiger partial charge in [-0.3, -0.25) is 4.18 Å². The lowest BCUT2D eigenvalue weighted by molar-refractivity contribution is 0.117. The number of hydrogen-bond donors (Lipinski definition) is 0. The minimum atomic E-state index is -3.72. The first-order valence-electron chi connectivity index (χ1n) is 11.0. The molecule has 1 heterocycles. The smallest absolute Gasteiger partial charge is 0.297 e. The molecule has 0 aromatic heterocycles. The van der Waals surface area contributed by atoms with Gasteiger partial charge in [0.2, 0.25) is 0 Å². The fraction of sp³-hybridized carbons (Fsp3) is 0.385. The molecule has 3 rings (SSSR count). The largest absolute Gasteiger partial charge is 0.377 e. The second-order valence-electron chi connectivity index (χ2n) is 7.52. The van der Waals surface area contributed by atoms with Gasteiger partial charge in [0.05, 0.1) is 24.2 Å². The Hall–Kier alpha value is -2.43. The summed E-state index contributed by atoms with van der Waals surface area (Å²) in [5.41, 5.74) is 1.20. The van der Waals surface area contributed by atoms with Crippen LogP contribution < -0.4 is 0 Å². The van der Waals surface area contributed by atoms with Crippen LogP contribution in [0.1, 0.15) is 37.7 Å². The summed E-state index contributed by atoms with van der Waals surface area (Å²) in [5, 5.41) is 0. The number of epoxide rings is 1. The molecule has 6 heteroatoms. The van der Waals surface area contributed by atoms with Crippen molar-refractivity contribution in [3.63, 3.8) is 0 Å². The predicted molar refractivity (Wildman–Crippen MR) is 124 cm³/mol. The van der Waals surface area contributed by atoms with Crippen LogP contribution in [0.25, 0.3) is 0 Å². The van der Waals surface area contributed by atoms with Crippen molar-refractivity contribution in [2.24, 2.45) is 0 Å². The SMILES string of the molecule is O=S(=O)(OC[C@H]1O[C@@H]1C/C=C/CC#CCCCCOCc1ccccc1)c1ccccc1. The van der Waals surface area contributed by atoms with Crippen molar-refractivity contribution in [1.29, 1.82) is 0 Å². The molecule has 2 atom stereocenters. The molecular weight excluding hydrogens is 424 g/mol. The predicted octanol–water partition coefficient (Wildman–Crippen LogP) is 4.89. The minimum absolute atomic E-state index is 0.0149. The third-order valence-corrected chi connectivity index (χ3v) is 6.23. The summed E-state index contributed by atoms with van der Waals surface area (Å²) in [6.45, 7) is 1.47. The zero-order chi connectivity index (χ0) is 22.5. The van der Waals surface area contributed by atoms with Crippen molar-refractivity contribution in [3.8, 4) is 11.8 Å². The van der Waals surface area contributed by atoms with Crippen LogP contribution in [0.3, 0.4) is 0 Å². The van der Waals surface area contributed by atoms with Crippen molar-refractivity contribution in [2.45, 2.75) is 55.8 Å². The van der Waals surface area contributed by atoms with Gasteiger partial charge in [-0.25, -0.2) is 0 Å². The maximum Gasteiger partial charge on any atom is 0.297 e. The summed E-state index contributed by atoms with van der Waals surface area (Å²) in [7, 11) is -3.72. The molecule has 1 aliphatic heterocycles. The highest BCUT2D eigenvalue weighted by Gasteiger charge is 2.39. The Kier molecular flexibility index (Phi) is 9.98. The number of unbranched alkanes of at least 4 members (excludes halogenated alkanes) is 2. The molecule has 0 unspecified atom stereocenters. The molecule has 0 bridgehead atoms. The number of hydrogen-bond acceptors (Lipinski definition) is 5. The molecule has 2 aromatic rings. The van der Waals surface area contributed by atoms with Crippen LogP contribution in [-0.2, 0) is 30.4 Å². The maximum absolute atomic E-state index is 12.1. The van der Waals surface area contributed by atoms with E-state index in [1.807, 2.05) is 30.4 Å². The monoisotopic (exact) mass is 454 g/mol. The normalized spacial score (nSPS) is 17.8. The van der Waals surface area contributed by atoms with Crippen LogP contribution in [0.5, 0.6) is 0 Å². The summed E-state index contributed by atoms with van der Waals surface area (Å²) in [5.74, 6) is 6.33. The highest BCUT2D eigenvalue weighted by molar-refractivity contribution is 7.86. The van der Waals surface area contributed by atoms with Crippen LogP contribution in [0.2, 0.25) is 0 Å². The zero-order valence-electron chi connectivity index (χ0n) is 18.2. The van der Waals surface area contributed by atoms with E-state index in [1.54, 1.807) is 18.2 Å². The molecule has 5 nitrogen and oxygen atoms in total. The first-order valence-corrected chi connectivity index (χ1v) is 12.4. The Bertz CT molecular complexity index is 991. The quantitative estimate of drug-likeness (QED) is 0.142. The summed E-state index contributed by atoms with van der Waals surface area (Å²) in [4.78, 5) is 0.162. The fourth-order valence-electron chi connectivity index (χ4n) is 3.06. The average Bonchev–Trinajstić information content (AvgIpc) is 3.58. The van der Waals surface area contributed by atoms with E-state index in [4.69, 9.17) is 13.7 Å². The molecule has 1 saturated heterocycles. The molecule has 0 amide bonds. The Morgan fingerprint density at radius 2 is 1.66 bits per heavy atom. The Balaban J connectivity index is 1.17. The van der Waals surface area contributed by atoms with Crippen molar-refractivity contribution in [3.05, 3.63) is 78.4 Å². The molecule has 2 aromatic carbocycles. The van der Waals surface area contributed by atoms with E-state index in [0.717, 1.165) is 32.3 Å². The Labute approximate surface area is 191 Å². The summed E-state index contributed by atoms with van der Waals surface area (Å²) in [6, 6.07) is 18.3. The molecule has 0 saturated carbocycles. The molecule has 0 N–H and O–H groups in total. The van der Waals surface area contributed by atoms with Gasteiger partial charge in [-0.2, -0.15) is 8.42 Å². The molecule has 170 valence electrons. The van der Waals surface area contributed by atoms with Crippen molar-refractivity contribution < 1.29 is 22.1 Å². The van der Waals surface area contributed by atoms with E-state index in [9.17, 15) is 8.42 Å². The van der Waals surface area contributed by atoms with Crippen LogP contribution in [0, 0.1) is 11.8 Å².